The molecule has 0 aliphatic carbocycles. The molecule has 1 aromatic carbocycles. The Labute approximate surface area is 146 Å². The van der Waals surface area contributed by atoms with Gasteiger partial charge in [-0.05, 0) is 37.8 Å². The van der Waals surface area contributed by atoms with Gasteiger partial charge in [-0.15, -0.1) is 0 Å². The van der Waals surface area contributed by atoms with Crippen LogP contribution in [0.15, 0.2) is 29.3 Å². The monoisotopic (exact) mass is 333 g/mol. The molecule has 0 atom stereocenters. The highest BCUT2D eigenvalue weighted by Gasteiger charge is 2.21. The van der Waals surface area contributed by atoms with Gasteiger partial charge >= 0.3 is 0 Å². The molecule has 5 heteroatoms. The van der Waals surface area contributed by atoms with Gasteiger partial charge in [-0.1, -0.05) is 24.3 Å². The van der Waals surface area contributed by atoms with Crippen molar-refractivity contribution < 1.29 is 9.47 Å². The van der Waals surface area contributed by atoms with Crippen LogP contribution in [0, 0.1) is 0 Å². The minimum absolute atomic E-state index is 0.400. The summed E-state index contributed by atoms with van der Waals surface area (Å²) in [6, 6.07) is 8.34. The molecule has 0 bridgehead atoms. The second kappa shape index (κ2) is 10.3. The topological polar surface area (TPSA) is 46.1 Å². The van der Waals surface area contributed by atoms with E-state index in [9.17, 15) is 0 Å². The van der Waals surface area contributed by atoms with Gasteiger partial charge < -0.3 is 19.7 Å². The van der Waals surface area contributed by atoms with E-state index < -0.39 is 0 Å². The Morgan fingerprint density at radius 3 is 2.54 bits per heavy atom. The van der Waals surface area contributed by atoms with Crippen LogP contribution in [-0.2, 0) is 22.6 Å². The Morgan fingerprint density at radius 1 is 1.21 bits per heavy atom. The number of likely N-dealkylation sites (tertiary alicyclic amines) is 1. The van der Waals surface area contributed by atoms with Gasteiger partial charge in [0, 0.05) is 33.4 Å². The van der Waals surface area contributed by atoms with Crippen LogP contribution in [0.25, 0.3) is 0 Å². The van der Waals surface area contributed by atoms with Crippen LogP contribution in [0.4, 0.5) is 0 Å². The third-order valence-corrected chi connectivity index (χ3v) is 4.30. The molecule has 1 aromatic rings. The summed E-state index contributed by atoms with van der Waals surface area (Å²) in [5, 5.41) is 3.42. The van der Waals surface area contributed by atoms with Gasteiger partial charge in [-0.2, -0.15) is 0 Å². The molecule has 5 nitrogen and oxygen atoms in total. The lowest BCUT2D eigenvalue weighted by atomic mass is 10.1. The van der Waals surface area contributed by atoms with Crippen LogP contribution >= 0.6 is 0 Å². The SMILES string of the molecule is CCNC(=NCc1ccccc1COC)N1CCC(OCC)CC1. The molecule has 134 valence electrons. The van der Waals surface area contributed by atoms with Crippen molar-refractivity contribution in [2.24, 2.45) is 4.99 Å². The molecular weight excluding hydrogens is 302 g/mol. The molecule has 0 aromatic heterocycles. The Bertz CT molecular complexity index is 511. The van der Waals surface area contributed by atoms with Crippen LogP contribution in [0.3, 0.4) is 0 Å². The van der Waals surface area contributed by atoms with Crippen LogP contribution in [-0.4, -0.2) is 50.3 Å². The standard InChI is InChI=1S/C19H31N3O2/c1-4-20-19(22-12-10-18(11-13-22)24-5-2)21-14-16-8-6-7-9-17(16)15-23-3/h6-9,18H,4-5,10-15H2,1-3H3,(H,20,21). The number of hydrogen-bond donors (Lipinski definition) is 1. The van der Waals surface area contributed by atoms with E-state index in [0.29, 0.717) is 19.3 Å². The van der Waals surface area contributed by atoms with E-state index in [-0.39, 0.29) is 0 Å². The molecular formula is C19H31N3O2. The summed E-state index contributed by atoms with van der Waals surface area (Å²) in [5.74, 6) is 1.000. The summed E-state index contributed by atoms with van der Waals surface area (Å²) in [7, 11) is 1.73. The number of piperidine rings is 1. The van der Waals surface area contributed by atoms with Crippen molar-refractivity contribution in [1.82, 2.24) is 10.2 Å². The second-order valence-corrected chi connectivity index (χ2v) is 6.01. The van der Waals surface area contributed by atoms with E-state index in [4.69, 9.17) is 14.5 Å². The summed E-state index contributed by atoms with van der Waals surface area (Å²) in [6.07, 6.45) is 2.54. The Balaban J connectivity index is 2.01. The molecule has 0 spiro atoms. The maximum Gasteiger partial charge on any atom is 0.194 e. The van der Waals surface area contributed by atoms with Gasteiger partial charge in [0.15, 0.2) is 5.96 Å². The summed E-state index contributed by atoms with van der Waals surface area (Å²) in [4.78, 5) is 7.20. The first-order valence-electron chi connectivity index (χ1n) is 8.99. The molecule has 1 aliphatic heterocycles. The number of rotatable bonds is 7. The number of guanidine groups is 1. The number of hydrogen-bond acceptors (Lipinski definition) is 3. The second-order valence-electron chi connectivity index (χ2n) is 6.01. The quantitative estimate of drug-likeness (QED) is 0.616. The zero-order chi connectivity index (χ0) is 17.2. The molecule has 1 N–H and O–H groups in total. The molecule has 1 heterocycles. The van der Waals surface area contributed by atoms with Crippen molar-refractivity contribution >= 4 is 5.96 Å². The van der Waals surface area contributed by atoms with Gasteiger partial charge in [-0.25, -0.2) is 4.99 Å². The van der Waals surface area contributed by atoms with Gasteiger partial charge in [0.05, 0.1) is 19.3 Å². The number of nitrogens with one attached hydrogen (secondary N) is 1. The first kappa shape index (κ1) is 18.7. The van der Waals surface area contributed by atoms with E-state index in [0.717, 1.165) is 45.0 Å². The van der Waals surface area contributed by atoms with E-state index >= 15 is 0 Å². The zero-order valence-corrected chi connectivity index (χ0v) is 15.3. The van der Waals surface area contributed by atoms with Gasteiger partial charge in [0.25, 0.3) is 0 Å². The van der Waals surface area contributed by atoms with Gasteiger partial charge in [-0.3, -0.25) is 0 Å². The lowest BCUT2D eigenvalue weighted by Crippen LogP contribution is -2.47. The number of aliphatic imine (C=N–C) groups is 1. The van der Waals surface area contributed by atoms with Gasteiger partial charge in [0.1, 0.15) is 0 Å². The van der Waals surface area contributed by atoms with Crippen LogP contribution in [0.5, 0.6) is 0 Å². The van der Waals surface area contributed by atoms with Crippen LogP contribution in [0.2, 0.25) is 0 Å². The Hall–Kier alpha value is -1.59. The summed E-state index contributed by atoms with van der Waals surface area (Å²) in [6.45, 7) is 9.15. The fraction of sp³-hybridized carbons (Fsp3) is 0.632. The van der Waals surface area contributed by atoms with E-state index in [2.05, 4.69) is 42.3 Å². The molecule has 1 saturated heterocycles. The molecule has 0 saturated carbocycles. The lowest BCUT2D eigenvalue weighted by Gasteiger charge is -2.34. The normalized spacial score (nSPS) is 16.5. The van der Waals surface area contributed by atoms with Crippen molar-refractivity contribution in [2.45, 2.75) is 45.9 Å². The molecule has 2 rings (SSSR count). The van der Waals surface area contributed by atoms with E-state index in [1.165, 1.54) is 11.1 Å². The van der Waals surface area contributed by atoms with Crippen molar-refractivity contribution in [2.75, 3.05) is 33.4 Å². The number of methoxy groups -OCH3 is 1. The zero-order valence-electron chi connectivity index (χ0n) is 15.3. The largest absolute Gasteiger partial charge is 0.380 e. The molecule has 0 unspecified atom stereocenters. The van der Waals surface area contributed by atoms with Crippen molar-refractivity contribution in [1.29, 1.82) is 0 Å². The smallest absolute Gasteiger partial charge is 0.194 e. The summed E-state index contributed by atoms with van der Waals surface area (Å²) in [5.41, 5.74) is 2.42. The minimum Gasteiger partial charge on any atom is -0.380 e. The fourth-order valence-electron chi connectivity index (χ4n) is 3.06. The van der Waals surface area contributed by atoms with Crippen LogP contribution in [0.1, 0.15) is 37.8 Å². The molecule has 1 aliphatic rings. The lowest BCUT2D eigenvalue weighted by molar-refractivity contribution is 0.0263. The third kappa shape index (κ3) is 5.49. The van der Waals surface area contributed by atoms with Gasteiger partial charge in [0.2, 0.25) is 0 Å². The first-order chi connectivity index (χ1) is 11.8. The summed E-state index contributed by atoms with van der Waals surface area (Å²) >= 11 is 0. The first-order valence-corrected chi connectivity index (χ1v) is 8.99. The molecule has 0 radical (unpaired) electrons. The van der Waals surface area contributed by atoms with Crippen LogP contribution < -0.4 is 5.32 Å². The Kier molecular flexibility index (Phi) is 8.05. The minimum atomic E-state index is 0.400. The highest BCUT2D eigenvalue weighted by Crippen LogP contribution is 2.15. The average molecular weight is 333 g/mol. The molecule has 24 heavy (non-hydrogen) atoms. The van der Waals surface area contributed by atoms with Crippen molar-refractivity contribution in [3.05, 3.63) is 35.4 Å². The molecule has 1 fully saturated rings. The highest BCUT2D eigenvalue weighted by molar-refractivity contribution is 5.80. The highest BCUT2D eigenvalue weighted by atomic mass is 16.5. The predicted molar refractivity (Wildman–Crippen MR) is 98.2 cm³/mol. The maximum absolute atomic E-state index is 5.74. The number of ether oxygens (including phenoxy) is 2. The fourth-order valence-corrected chi connectivity index (χ4v) is 3.06. The number of nitrogens with zero attached hydrogens (tertiary/aromatic N) is 2. The number of benzene rings is 1. The van der Waals surface area contributed by atoms with E-state index in [1.54, 1.807) is 7.11 Å². The van der Waals surface area contributed by atoms with E-state index in [1.807, 2.05) is 6.07 Å². The van der Waals surface area contributed by atoms with Crippen molar-refractivity contribution in [3.63, 3.8) is 0 Å². The van der Waals surface area contributed by atoms with Crippen molar-refractivity contribution in [3.8, 4) is 0 Å². The third-order valence-electron chi connectivity index (χ3n) is 4.30. The Morgan fingerprint density at radius 2 is 1.92 bits per heavy atom. The maximum atomic E-state index is 5.74. The average Bonchev–Trinajstić information content (AvgIpc) is 2.61. The predicted octanol–water partition coefficient (Wildman–Crippen LogP) is 2.80. The summed E-state index contributed by atoms with van der Waals surface area (Å²) < 4.78 is 11.0. The molecule has 0 amide bonds.